The lowest BCUT2D eigenvalue weighted by atomic mass is 10.0. The van der Waals surface area contributed by atoms with Crippen molar-refractivity contribution in [3.8, 4) is 0 Å². The number of carbonyl (C=O) groups is 1. The molecule has 0 aromatic heterocycles. The second-order valence-electron chi connectivity index (χ2n) is 4.55. The Kier molecular flexibility index (Phi) is 5.96. The van der Waals surface area contributed by atoms with E-state index in [9.17, 15) is 4.79 Å². The van der Waals surface area contributed by atoms with Gasteiger partial charge in [0.15, 0.2) is 0 Å². The Hall–Kier alpha value is -0.410. The van der Waals surface area contributed by atoms with Crippen molar-refractivity contribution in [2.24, 2.45) is 0 Å². The fraction of sp³-hybridized carbons (Fsp3) is 0.909. The van der Waals surface area contributed by atoms with E-state index in [0.717, 1.165) is 19.4 Å². The van der Waals surface area contributed by atoms with Crippen LogP contribution in [-0.4, -0.2) is 41.5 Å². The molecule has 0 aliphatic heterocycles. The van der Waals surface area contributed by atoms with Gasteiger partial charge < -0.3 is 9.90 Å². The number of ketones is 1. The highest BCUT2D eigenvalue weighted by Gasteiger charge is 2.21. The molecule has 0 rings (SSSR count). The van der Waals surface area contributed by atoms with Gasteiger partial charge in [0.05, 0.1) is 6.61 Å². The van der Waals surface area contributed by atoms with Gasteiger partial charge in [-0.2, -0.15) is 0 Å². The molecule has 1 N–H and O–H groups in total. The predicted molar refractivity (Wildman–Crippen MR) is 58.3 cm³/mol. The van der Waals surface area contributed by atoms with Gasteiger partial charge >= 0.3 is 0 Å². The molecular weight excluding hydrogens is 178 g/mol. The number of aliphatic hydroxyl groups excluding tert-OH is 1. The predicted octanol–water partition coefficient (Wildman–Crippen LogP) is 1.45. The molecule has 0 fully saturated rings. The lowest BCUT2D eigenvalue weighted by Gasteiger charge is -2.33. The van der Waals surface area contributed by atoms with E-state index in [1.165, 1.54) is 0 Å². The Morgan fingerprint density at radius 3 is 2.36 bits per heavy atom. The van der Waals surface area contributed by atoms with Crippen LogP contribution in [0.3, 0.4) is 0 Å². The average Bonchev–Trinajstić information content (AvgIpc) is 2.11. The van der Waals surface area contributed by atoms with Crippen molar-refractivity contribution in [1.82, 2.24) is 4.90 Å². The van der Waals surface area contributed by atoms with Crippen LogP contribution in [0.4, 0.5) is 0 Å². The SMILES string of the molecule is CC(=O)CCCCN(C)C(C)(C)CO. The smallest absolute Gasteiger partial charge is 0.129 e. The van der Waals surface area contributed by atoms with Crippen LogP contribution in [0.1, 0.15) is 40.0 Å². The zero-order valence-electron chi connectivity index (χ0n) is 9.84. The number of aliphatic hydroxyl groups is 1. The second kappa shape index (κ2) is 6.14. The van der Waals surface area contributed by atoms with Crippen molar-refractivity contribution >= 4 is 5.78 Å². The maximum absolute atomic E-state index is 10.7. The van der Waals surface area contributed by atoms with Gasteiger partial charge in [0.1, 0.15) is 5.78 Å². The summed E-state index contributed by atoms with van der Waals surface area (Å²) in [7, 11) is 2.00. The summed E-state index contributed by atoms with van der Waals surface area (Å²) >= 11 is 0. The Labute approximate surface area is 87.1 Å². The lowest BCUT2D eigenvalue weighted by Crippen LogP contribution is -2.44. The van der Waals surface area contributed by atoms with E-state index in [4.69, 9.17) is 5.11 Å². The second-order valence-corrected chi connectivity index (χ2v) is 4.55. The molecule has 84 valence electrons. The zero-order valence-corrected chi connectivity index (χ0v) is 9.84. The number of likely N-dealkylation sites (N-methyl/N-ethyl adjacent to an activating group) is 1. The number of unbranched alkanes of at least 4 members (excludes halogenated alkanes) is 1. The molecule has 14 heavy (non-hydrogen) atoms. The molecule has 0 aliphatic carbocycles. The molecule has 3 heteroatoms. The van der Waals surface area contributed by atoms with Gasteiger partial charge in [-0.3, -0.25) is 4.90 Å². The first kappa shape index (κ1) is 13.6. The van der Waals surface area contributed by atoms with Gasteiger partial charge in [-0.05, 0) is 47.2 Å². The average molecular weight is 201 g/mol. The Balaban J connectivity index is 3.63. The highest BCUT2D eigenvalue weighted by atomic mass is 16.3. The first-order valence-electron chi connectivity index (χ1n) is 5.21. The minimum absolute atomic E-state index is 0.157. The van der Waals surface area contributed by atoms with E-state index in [1.54, 1.807) is 6.92 Å². The summed E-state index contributed by atoms with van der Waals surface area (Å²) in [5.41, 5.74) is -0.157. The summed E-state index contributed by atoms with van der Waals surface area (Å²) in [5, 5.41) is 9.11. The van der Waals surface area contributed by atoms with Crippen molar-refractivity contribution in [3.63, 3.8) is 0 Å². The van der Waals surface area contributed by atoms with Crippen LogP contribution in [0.5, 0.6) is 0 Å². The van der Waals surface area contributed by atoms with Crippen molar-refractivity contribution < 1.29 is 9.90 Å². The summed E-state index contributed by atoms with van der Waals surface area (Å²) in [6.45, 7) is 6.74. The normalized spacial score (nSPS) is 12.1. The quantitative estimate of drug-likeness (QED) is 0.634. The fourth-order valence-electron chi connectivity index (χ4n) is 1.15. The maximum atomic E-state index is 10.7. The van der Waals surface area contributed by atoms with Gasteiger partial charge in [-0.25, -0.2) is 0 Å². The molecule has 0 unspecified atom stereocenters. The first-order chi connectivity index (χ1) is 6.40. The van der Waals surface area contributed by atoms with Crippen LogP contribution in [0.15, 0.2) is 0 Å². The fourth-order valence-corrected chi connectivity index (χ4v) is 1.15. The number of hydrogen-bond acceptors (Lipinski definition) is 3. The number of nitrogens with zero attached hydrogens (tertiary/aromatic N) is 1. The first-order valence-corrected chi connectivity index (χ1v) is 5.21. The van der Waals surface area contributed by atoms with E-state index >= 15 is 0 Å². The van der Waals surface area contributed by atoms with Crippen molar-refractivity contribution in [2.75, 3.05) is 20.2 Å². The third kappa shape index (κ3) is 5.35. The third-order valence-corrected chi connectivity index (χ3v) is 2.69. The highest BCUT2D eigenvalue weighted by molar-refractivity contribution is 5.75. The summed E-state index contributed by atoms with van der Waals surface area (Å²) in [5.74, 6) is 0.258. The number of rotatable bonds is 7. The van der Waals surface area contributed by atoms with E-state index in [1.807, 2.05) is 20.9 Å². The Morgan fingerprint density at radius 2 is 1.93 bits per heavy atom. The summed E-state index contributed by atoms with van der Waals surface area (Å²) in [4.78, 5) is 12.8. The molecule has 0 aliphatic rings. The van der Waals surface area contributed by atoms with Crippen molar-refractivity contribution in [1.29, 1.82) is 0 Å². The van der Waals surface area contributed by atoms with Gasteiger partial charge in [0, 0.05) is 12.0 Å². The maximum Gasteiger partial charge on any atom is 0.129 e. The van der Waals surface area contributed by atoms with Gasteiger partial charge in [0.25, 0.3) is 0 Å². The molecule has 0 bridgehead atoms. The summed E-state index contributed by atoms with van der Waals surface area (Å²) in [6, 6.07) is 0. The van der Waals surface area contributed by atoms with Crippen LogP contribution in [0.25, 0.3) is 0 Å². The van der Waals surface area contributed by atoms with E-state index in [0.29, 0.717) is 6.42 Å². The zero-order chi connectivity index (χ0) is 11.2. The highest BCUT2D eigenvalue weighted by Crippen LogP contribution is 2.12. The number of hydrogen-bond donors (Lipinski definition) is 1. The molecule has 0 saturated carbocycles. The molecule has 0 radical (unpaired) electrons. The molecule has 3 nitrogen and oxygen atoms in total. The monoisotopic (exact) mass is 201 g/mol. The minimum Gasteiger partial charge on any atom is -0.394 e. The van der Waals surface area contributed by atoms with Crippen LogP contribution < -0.4 is 0 Å². The van der Waals surface area contributed by atoms with E-state index in [-0.39, 0.29) is 17.9 Å². The van der Waals surface area contributed by atoms with Gasteiger partial charge in [-0.15, -0.1) is 0 Å². The van der Waals surface area contributed by atoms with Crippen LogP contribution in [0, 0.1) is 0 Å². The molecule has 0 atom stereocenters. The number of carbonyl (C=O) groups excluding carboxylic acids is 1. The Bertz CT molecular complexity index is 178. The molecule has 0 aromatic carbocycles. The third-order valence-electron chi connectivity index (χ3n) is 2.69. The summed E-state index contributed by atoms with van der Waals surface area (Å²) < 4.78 is 0. The number of Topliss-reactive ketones (excluding diaryl/α,β-unsaturated/α-hetero) is 1. The van der Waals surface area contributed by atoms with Crippen molar-refractivity contribution in [3.05, 3.63) is 0 Å². The standard InChI is InChI=1S/C11H23NO2/c1-10(14)7-5-6-8-12(4)11(2,3)9-13/h13H,5-9H2,1-4H3. The molecule has 0 spiro atoms. The van der Waals surface area contributed by atoms with E-state index in [2.05, 4.69) is 4.90 Å². The van der Waals surface area contributed by atoms with Crippen molar-refractivity contribution in [2.45, 2.75) is 45.6 Å². The van der Waals surface area contributed by atoms with Gasteiger partial charge in [-0.1, -0.05) is 0 Å². The molecule has 0 aromatic rings. The largest absolute Gasteiger partial charge is 0.394 e. The van der Waals surface area contributed by atoms with Crippen LogP contribution >= 0.6 is 0 Å². The van der Waals surface area contributed by atoms with Crippen LogP contribution in [-0.2, 0) is 4.79 Å². The minimum atomic E-state index is -0.157. The van der Waals surface area contributed by atoms with E-state index < -0.39 is 0 Å². The Morgan fingerprint density at radius 1 is 1.36 bits per heavy atom. The molecule has 0 amide bonds. The summed E-state index contributed by atoms with van der Waals surface area (Å²) in [6.07, 6.45) is 2.63. The van der Waals surface area contributed by atoms with Gasteiger partial charge in [0.2, 0.25) is 0 Å². The molecule has 0 heterocycles. The topological polar surface area (TPSA) is 40.5 Å². The molecule has 0 saturated heterocycles. The van der Waals surface area contributed by atoms with Crippen LogP contribution in [0.2, 0.25) is 0 Å². The lowest BCUT2D eigenvalue weighted by molar-refractivity contribution is -0.117. The molecular formula is C11H23NO2.